The first-order valence-corrected chi connectivity index (χ1v) is 12.0. The molecule has 3 rings (SSSR count). The SMILES string of the molecule is O=C(CN(C1CCCCC1)S(=O)(=O)c1ccc(F)cc1)Nc1cc(Cl)c(Cl)cc1Cl. The van der Waals surface area contributed by atoms with Crippen LogP contribution < -0.4 is 5.32 Å². The average Bonchev–Trinajstić information content (AvgIpc) is 2.71. The van der Waals surface area contributed by atoms with Gasteiger partial charge in [0.05, 0.1) is 32.2 Å². The number of halogens is 4. The number of carbonyl (C=O) groups excluding carboxylic acids is 1. The van der Waals surface area contributed by atoms with Crippen molar-refractivity contribution in [1.29, 1.82) is 0 Å². The molecular weight excluding hydrogens is 474 g/mol. The summed E-state index contributed by atoms with van der Waals surface area (Å²) < 4.78 is 41.0. The minimum atomic E-state index is -4.00. The molecule has 0 saturated heterocycles. The smallest absolute Gasteiger partial charge is 0.243 e. The molecule has 1 saturated carbocycles. The monoisotopic (exact) mass is 492 g/mol. The molecule has 0 heterocycles. The lowest BCUT2D eigenvalue weighted by atomic mass is 9.95. The first kappa shape index (κ1) is 23.3. The molecule has 2 aromatic rings. The van der Waals surface area contributed by atoms with Crippen LogP contribution in [0.25, 0.3) is 0 Å². The Bertz CT molecular complexity index is 1030. The lowest BCUT2D eigenvalue weighted by molar-refractivity contribution is -0.116. The summed E-state index contributed by atoms with van der Waals surface area (Å²) in [5.41, 5.74) is 0.235. The van der Waals surface area contributed by atoms with Crippen LogP contribution in [0.1, 0.15) is 32.1 Å². The highest BCUT2D eigenvalue weighted by molar-refractivity contribution is 7.89. The maximum Gasteiger partial charge on any atom is 0.243 e. The molecule has 162 valence electrons. The highest BCUT2D eigenvalue weighted by Gasteiger charge is 2.34. The van der Waals surface area contributed by atoms with Crippen molar-refractivity contribution in [3.8, 4) is 0 Å². The summed E-state index contributed by atoms with van der Waals surface area (Å²) in [6.07, 6.45) is 4.08. The van der Waals surface area contributed by atoms with Crippen molar-refractivity contribution >= 4 is 56.4 Å². The van der Waals surface area contributed by atoms with E-state index in [0.29, 0.717) is 12.8 Å². The Morgan fingerprint density at radius 2 is 1.60 bits per heavy atom. The van der Waals surface area contributed by atoms with Crippen LogP contribution in [0.15, 0.2) is 41.3 Å². The number of sulfonamides is 1. The molecule has 1 N–H and O–H groups in total. The van der Waals surface area contributed by atoms with Gasteiger partial charge >= 0.3 is 0 Å². The predicted molar refractivity (Wildman–Crippen MR) is 117 cm³/mol. The number of anilines is 1. The lowest BCUT2D eigenvalue weighted by Crippen LogP contribution is -2.45. The third-order valence-corrected chi connectivity index (χ3v) is 7.93. The predicted octanol–water partition coefficient (Wildman–Crippen LogP) is 5.75. The van der Waals surface area contributed by atoms with E-state index in [1.54, 1.807) is 0 Å². The van der Waals surface area contributed by atoms with E-state index in [-0.39, 0.29) is 31.7 Å². The molecule has 0 bridgehead atoms. The summed E-state index contributed by atoms with van der Waals surface area (Å²) in [7, 11) is -4.00. The second-order valence-electron chi connectivity index (χ2n) is 7.09. The molecule has 0 aromatic heterocycles. The van der Waals surface area contributed by atoms with E-state index in [4.69, 9.17) is 34.8 Å². The van der Waals surface area contributed by atoms with E-state index in [1.165, 1.54) is 28.6 Å². The number of nitrogens with one attached hydrogen (secondary N) is 1. The fourth-order valence-corrected chi connectivity index (χ4v) is 5.71. The molecular formula is C20H20Cl3FN2O3S. The fourth-order valence-electron chi connectivity index (χ4n) is 3.47. The summed E-state index contributed by atoms with van der Waals surface area (Å²) in [6.45, 7) is -0.402. The zero-order chi connectivity index (χ0) is 21.9. The molecule has 0 aliphatic heterocycles. The molecule has 1 aliphatic rings. The molecule has 5 nitrogen and oxygen atoms in total. The van der Waals surface area contributed by atoms with E-state index in [2.05, 4.69) is 5.32 Å². The zero-order valence-electron chi connectivity index (χ0n) is 15.9. The summed E-state index contributed by atoms with van der Waals surface area (Å²) in [5, 5.41) is 3.23. The quantitative estimate of drug-likeness (QED) is 0.521. The van der Waals surface area contributed by atoms with Gasteiger partial charge in [-0.3, -0.25) is 4.79 Å². The molecule has 1 amide bonds. The van der Waals surface area contributed by atoms with Gasteiger partial charge < -0.3 is 5.32 Å². The second-order valence-corrected chi connectivity index (χ2v) is 10.2. The van der Waals surface area contributed by atoms with Crippen molar-refractivity contribution in [3.63, 3.8) is 0 Å². The van der Waals surface area contributed by atoms with Crippen LogP contribution in [0.3, 0.4) is 0 Å². The Morgan fingerprint density at radius 3 is 2.23 bits per heavy atom. The first-order chi connectivity index (χ1) is 14.2. The standard InChI is InChI=1S/C20H20Cl3FN2O3S/c21-16-10-18(23)19(11-17(16)22)25-20(27)12-26(14-4-2-1-3-5-14)30(28,29)15-8-6-13(24)7-9-15/h6-11,14H,1-5,12H2,(H,25,27). The van der Waals surface area contributed by atoms with Crippen LogP contribution in [0, 0.1) is 5.82 Å². The Hall–Kier alpha value is -1.38. The van der Waals surface area contributed by atoms with Crippen LogP contribution >= 0.6 is 34.8 Å². The molecule has 1 aliphatic carbocycles. The van der Waals surface area contributed by atoms with Crippen LogP contribution in [-0.4, -0.2) is 31.2 Å². The van der Waals surface area contributed by atoms with Crippen molar-refractivity contribution in [1.82, 2.24) is 4.31 Å². The Labute approximate surface area is 190 Å². The van der Waals surface area contributed by atoms with Gasteiger partial charge in [-0.1, -0.05) is 54.1 Å². The number of nitrogens with zero attached hydrogens (tertiary/aromatic N) is 1. The average molecular weight is 494 g/mol. The number of hydrogen-bond acceptors (Lipinski definition) is 3. The molecule has 30 heavy (non-hydrogen) atoms. The van der Waals surface area contributed by atoms with Gasteiger partial charge in [0.2, 0.25) is 15.9 Å². The van der Waals surface area contributed by atoms with Crippen molar-refractivity contribution < 1.29 is 17.6 Å². The van der Waals surface area contributed by atoms with E-state index >= 15 is 0 Å². The van der Waals surface area contributed by atoms with Gasteiger partial charge in [0, 0.05) is 6.04 Å². The van der Waals surface area contributed by atoms with Gasteiger partial charge in [0.15, 0.2) is 0 Å². The Morgan fingerprint density at radius 1 is 1.00 bits per heavy atom. The normalized spacial score (nSPS) is 15.4. The third-order valence-electron chi connectivity index (χ3n) is 4.99. The van der Waals surface area contributed by atoms with Gasteiger partial charge in [-0.05, 0) is 49.2 Å². The number of hydrogen-bond donors (Lipinski definition) is 1. The van der Waals surface area contributed by atoms with Crippen LogP contribution in [0.2, 0.25) is 15.1 Å². The van der Waals surface area contributed by atoms with Crippen molar-refractivity contribution in [2.45, 2.75) is 43.0 Å². The Balaban J connectivity index is 1.86. The fraction of sp³-hybridized carbons (Fsp3) is 0.350. The van der Waals surface area contributed by atoms with E-state index in [0.717, 1.165) is 31.4 Å². The number of carbonyl (C=O) groups is 1. The number of benzene rings is 2. The van der Waals surface area contributed by atoms with Gasteiger partial charge in [-0.25, -0.2) is 12.8 Å². The number of rotatable bonds is 6. The van der Waals surface area contributed by atoms with Gasteiger partial charge in [-0.2, -0.15) is 4.31 Å². The third kappa shape index (κ3) is 5.45. The zero-order valence-corrected chi connectivity index (χ0v) is 19.0. The molecule has 0 unspecified atom stereocenters. The highest BCUT2D eigenvalue weighted by atomic mass is 35.5. The molecule has 2 aromatic carbocycles. The minimum Gasteiger partial charge on any atom is -0.324 e. The van der Waals surface area contributed by atoms with Gasteiger partial charge in [0.25, 0.3) is 0 Å². The maximum atomic E-state index is 13.3. The van der Waals surface area contributed by atoms with Gasteiger partial charge in [0.1, 0.15) is 5.82 Å². The summed E-state index contributed by atoms with van der Waals surface area (Å²) >= 11 is 18.0. The summed E-state index contributed by atoms with van der Waals surface area (Å²) in [5.74, 6) is -1.10. The second kappa shape index (κ2) is 9.83. The van der Waals surface area contributed by atoms with Crippen LogP contribution in [-0.2, 0) is 14.8 Å². The molecule has 0 radical (unpaired) electrons. The highest BCUT2D eigenvalue weighted by Crippen LogP contribution is 2.33. The lowest BCUT2D eigenvalue weighted by Gasteiger charge is -2.33. The molecule has 1 fully saturated rings. The van der Waals surface area contributed by atoms with Crippen LogP contribution in [0.5, 0.6) is 0 Å². The first-order valence-electron chi connectivity index (χ1n) is 9.40. The topological polar surface area (TPSA) is 66.5 Å². The molecule has 0 spiro atoms. The molecule has 0 atom stereocenters. The van der Waals surface area contributed by atoms with E-state index < -0.39 is 28.3 Å². The van der Waals surface area contributed by atoms with Gasteiger partial charge in [-0.15, -0.1) is 0 Å². The maximum absolute atomic E-state index is 13.3. The summed E-state index contributed by atoms with van der Waals surface area (Å²) in [6, 6.07) is 7.06. The minimum absolute atomic E-state index is 0.0603. The van der Waals surface area contributed by atoms with Crippen LogP contribution in [0.4, 0.5) is 10.1 Å². The van der Waals surface area contributed by atoms with Crippen molar-refractivity contribution in [2.75, 3.05) is 11.9 Å². The molecule has 10 heteroatoms. The van der Waals surface area contributed by atoms with Crippen molar-refractivity contribution in [2.24, 2.45) is 0 Å². The van der Waals surface area contributed by atoms with Crippen molar-refractivity contribution in [3.05, 3.63) is 57.3 Å². The summed E-state index contributed by atoms with van der Waals surface area (Å²) in [4.78, 5) is 12.7. The largest absolute Gasteiger partial charge is 0.324 e. The van der Waals surface area contributed by atoms with E-state index in [1.807, 2.05) is 0 Å². The number of amides is 1. The van der Waals surface area contributed by atoms with E-state index in [9.17, 15) is 17.6 Å². The Kier molecular flexibility index (Phi) is 7.63.